The lowest BCUT2D eigenvalue weighted by Crippen LogP contribution is -2.63. The van der Waals surface area contributed by atoms with Crippen LogP contribution in [0.4, 0.5) is 11.4 Å². The maximum Gasteiger partial charge on any atom is 0.268 e. The zero-order chi connectivity index (χ0) is 26.5. The Morgan fingerprint density at radius 2 is 1.63 bits per heavy atom. The summed E-state index contributed by atoms with van der Waals surface area (Å²) in [5.74, 6) is 0.200. The fourth-order valence-electron chi connectivity index (χ4n) is 6.56. The standard InChI is InChI=1S/C29H48N8O/c1-3-25-28(31-21-7-5-4-6-8-21)34-29(26(33-25)27(30)38)32-22-9-11-23(12-10-22)36-15-13-24(14-16-36)37-19-17-35(2)18-20-37/h9-12,21,24-25,28,31-34H,3-8,13-20H2,1-2H3,(H2,30,38). The average molecular weight is 525 g/mol. The van der Waals surface area contributed by atoms with Crippen molar-refractivity contribution in [3.63, 3.8) is 0 Å². The van der Waals surface area contributed by atoms with Gasteiger partial charge in [0.2, 0.25) is 0 Å². The number of nitrogens with two attached hydrogens (primary N) is 1. The monoisotopic (exact) mass is 524 g/mol. The molecule has 9 heteroatoms. The highest BCUT2D eigenvalue weighted by Gasteiger charge is 2.32. The van der Waals surface area contributed by atoms with Crippen molar-refractivity contribution < 1.29 is 4.79 Å². The lowest BCUT2D eigenvalue weighted by molar-refractivity contribution is -0.115. The van der Waals surface area contributed by atoms with Crippen LogP contribution >= 0.6 is 0 Å². The number of hydrogen-bond donors (Lipinski definition) is 5. The van der Waals surface area contributed by atoms with E-state index in [2.05, 4.69) is 74.2 Å². The second-order valence-corrected chi connectivity index (χ2v) is 11.6. The number of nitrogens with zero attached hydrogens (tertiary/aromatic N) is 3. The molecule has 6 N–H and O–H groups in total. The van der Waals surface area contributed by atoms with Gasteiger partial charge in [0.25, 0.3) is 5.91 Å². The van der Waals surface area contributed by atoms with Crippen molar-refractivity contribution in [1.29, 1.82) is 0 Å². The second kappa shape index (κ2) is 12.6. The molecule has 2 unspecified atom stereocenters. The third kappa shape index (κ3) is 6.55. The molecular formula is C29H48N8O. The van der Waals surface area contributed by atoms with E-state index in [0.717, 1.165) is 25.2 Å². The van der Waals surface area contributed by atoms with Crippen molar-refractivity contribution in [2.45, 2.75) is 82.6 Å². The highest BCUT2D eigenvalue weighted by atomic mass is 16.1. The number of amides is 1. The summed E-state index contributed by atoms with van der Waals surface area (Å²) in [4.78, 5) is 19.9. The molecule has 38 heavy (non-hydrogen) atoms. The molecule has 1 saturated carbocycles. The van der Waals surface area contributed by atoms with E-state index in [9.17, 15) is 4.79 Å². The molecule has 4 aliphatic rings. The van der Waals surface area contributed by atoms with Gasteiger partial charge in [0.1, 0.15) is 11.5 Å². The van der Waals surface area contributed by atoms with Crippen LogP contribution in [-0.4, -0.2) is 86.3 Å². The number of carbonyl (C=O) groups excluding carboxylic acids is 1. The van der Waals surface area contributed by atoms with E-state index in [1.165, 1.54) is 76.8 Å². The van der Waals surface area contributed by atoms with Crippen LogP contribution in [0.1, 0.15) is 58.3 Å². The van der Waals surface area contributed by atoms with Gasteiger partial charge in [-0.3, -0.25) is 15.0 Å². The van der Waals surface area contributed by atoms with Crippen molar-refractivity contribution >= 4 is 17.3 Å². The van der Waals surface area contributed by atoms with Gasteiger partial charge < -0.3 is 31.5 Å². The fourth-order valence-corrected chi connectivity index (χ4v) is 6.56. The van der Waals surface area contributed by atoms with Crippen LogP contribution in [0.2, 0.25) is 0 Å². The van der Waals surface area contributed by atoms with Crippen LogP contribution < -0.4 is 31.9 Å². The Bertz CT molecular complexity index is 944. The quantitative estimate of drug-likeness (QED) is 0.353. The molecule has 0 bridgehead atoms. The largest absolute Gasteiger partial charge is 0.371 e. The molecule has 3 fully saturated rings. The van der Waals surface area contributed by atoms with Crippen LogP contribution in [-0.2, 0) is 4.79 Å². The molecule has 3 aliphatic heterocycles. The van der Waals surface area contributed by atoms with Gasteiger partial charge in [-0.1, -0.05) is 26.2 Å². The Morgan fingerprint density at radius 3 is 2.26 bits per heavy atom. The molecule has 0 radical (unpaired) electrons. The Morgan fingerprint density at radius 1 is 0.947 bits per heavy atom. The van der Waals surface area contributed by atoms with Crippen molar-refractivity contribution in [1.82, 2.24) is 25.8 Å². The molecule has 9 nitrogen and oxygen atoms in total. The van der Waals surface area contributed by atoms with Crippen molar-refractivity contribution in [2.24, 2.45) is 5.73 Å². The van der Waals surface area contributed by atoms with Gasteiger partial charge in [0.05, 0.1) is 12.2 Å². The summed E-state index contributed by atoms with van der Waals surface area (Å²) in [6.07, 6.45) is 9.68. The normalized spacial score (nSPS) is 26.6. The topological polar surface area (TPSA) is 101 Å². The first-order valence-electron chi connectivity index (χ1n) is 14.9. The average Bonchev–Trinajstić information content (AvgIpc) is 2.94. The number of piperidine rings is 1. The molecule has 2 saturated heterocycles. The summed E-state index contributed by atoms with van der Waals surface area (Å²) in [6.45, 7) is 9.09. The first-order valence-corrected chi connectivity index (χ1v) is 14.9. The molecule has 2 atom stereocenters. The zero-order valence-corrected chi connectivity index (χ0v) is 23.3. The first kappa shape index (κ1) is 27.1. The summed E-state index contributed by atoms with van der Waals surface area (Å²) in [7, 11) is 2.22. The van der Waals surface area contributed by atoms with Crippen LogP contribution in [0.3, 0.4) is 0 Å². The number of benzene rings is 1. The van der Waals surface area contributed by atoms with E-state index in [1.54, 1.807) is 0 Å². The Balaban J connectivity index is 1.19. The molecule has 3 heterocycles. The number of rotatable bonds is 8. The van der Waals surface area contributed by atoms with E-state index in [1.807, 2.05) is 0 Å². The van der Waals surface area contributed by atoms with Gasteiger partial charge >= 0.3 is 0 Å². The Hall–Kier alpha value is -2.49. The van der Waals surface area contributed by atoms with Gasteiger partial charge in [-0.2, -0.15) is 0 Å². The molecule has 0 aromatic heterocycles. The molecule has 1 amide bonds. The third-order valence-corrected chi connectivity index (χ3v) is 9.01. The van der Waals surface area contributed by atoms with Gasteiger partial charge in [0.15, 0.2) is 0 Å². The number of carbonyl (C=O) groups is 1. The summed E-state index contributed by atoms with van der Waals surface area (Å²) in [5, 5.41) is 14.2. The van der Waals surface area contributed by atoms with Crippen LogP contribution in [0.25, 0.3) is 0 Å². The second-order valence-electron chi connectivity index (χ2n) is 11.6. The maximum absolute atomic E-state index is 12.3. The molecule has 1 aliphatic carbocycles. The van der Waals surface area contributed by atoms with E-state index in [4.69, 9.17) is 5.73 Å². The Kier molecular flexibility index (Phi) is 8.97. The van der Waals surface area contributed by atoms with Gasteiger partial charge in [0, 0.05) is 62.7 Å². The van der Waals surface area contributed by atoms with Gasteiger partial charge in [-0.15, -0.1) is 0 Å². The molecule has 1 aromatic carbocycles. The lowest BCUT2D eigenvalue weighted by Gasteiger charge is -2.42. The van der Waals surface area contributed by atoms with Crippen molar-refractivity contribution in [3.05, 3.63) is 35.8 Å². The SMILES string of the molecule is CCC1NC(C(N)=O)=C(Nc2ccc(N3CCC(N4CCN(C)CC4)CC3)cc2)NC1NC1CCCCC1. The minimum Gasteiger partial charge on any atom is -0.371 e. The minimum atomic E-state index is -0.450. The highest BCUT2D eigenvalue weighted by Crippen LogP contribution is 2.26. The lowest BCUT2D eigenvalue weighted by atomic mass is 9.94. The van der Waals surface area contributed by atoms with E-state index in [-0.39, 0.29) is 12.2 Å². The van der Waals surface area contributed by atoms with Gasteiger partial charge in [-0.05, 0) is 63.4 Å². The van der Waals surface area contributed by atoms with Crippen LogP contribution in [0.15, 0.2) is 35.8 Å². The molecule has 5 rings (SSSR count). The van der Waals surface area contributed by atoms with E-state index in [0.29, 0.717) is 23.6 Å². The van der Waals surface area contributed by atoms with Crippen LogP contribution in [0.5, 0.6) is 0 Å². The molecule has 1 aromatic rings. The smallest absolute Gasteiger partial charge is 0.268 e. The summed E-state index contributed by atoms with van der Waals surface area (Å²) in [5.41, 5.74) is 8.40. The number of piperazine rings is 1. The highest BCUT2D eigenvalue weighted by molar-refractivity contribution is 5.93. The predicted octanol–water partition coefficient (Wildman–Crippen LogP) is 2.19. The van der Waals surface area contributed by atoms with Crippen molar-refractivity contribution in [3.8, 4) is 0 Å². The zero-order valence-electron chi connectivity index (χ0n) is 23.3. The number of hydrogen-bond acceptors (Lipinski definition) is 8. The third-order valence-electron chi connectivity index (χ3n) is 9.01. The number of primary amides is 1. The number of anilines is 2. The van der Waals surface area contributed by atoms with E-state index < -0.39 is 5.91 Å². The predicted molar refractivity (Wildman–Crippen MR) is 155 cm³/mol. The first-order chi connectivity index (χ1) is 18.5. The van der Waals surface area contributed by atoms with Crippen molar-refractivity contribution in [2.75, 3.05) is 56.5 Å². The molecule has 0 spiro atoms. The van der Waals surface area contributed by atoms with Crippen LogP contribution in [0, 0.1) is 0 Å². The molecular weight excluding hydrogens is 476 g/mol. The Labute approximate surface area is 228 Å². The van der Waals surface area contributed by atoms with Gasteiger partial charge in [-0.25, -0.2) is 0 Å². The molecule has 210 valence electrons. The van der Waals surface area contributed by atoms with E-state index >= 15 is 0 Å². The number of likely N-dealkylation sites (N-methyl/N-ethyl adjacent to an activating group) is 1. The summed E-state index contributed by atoms with van der Waals surface area (Å²) < 4.78 is 0. The summed E-state index contributed by atoms with van der Waals surface area (Å²) in [6, 6.07) is 9.90. The summed E-state index contributed by atoms with van der Waals surface area (Å²) >= 11 is 0. The fraction of sp³-hybridized carbons (Fsp3) is 0.690. The maximum atomic E-state index is 12.3. The number of nitrogens with one attached hydrogen (secondary N) is 4. The minimum absolute atomic E-state index is 0.0366.